The number of aromatic amines is 1. The number of likely N-dealkylation sites (tertiary alicyclic amines) is 1. The third-order valence-electron chi connectivity index (χ3n) is 6.26. The Morgan fingerprint density at radius 2 is 2.09 bits per heavy atom. The Balaban J connectivity index is 1.62. The van der Waals surface area contributed by atoms with E-state index in [1.165, 1.54) is 0 Å². The molecule has 1 aliphatic rings. The standard InChI is InChI=1S/C26H31ClN4O3/c1-3-30-12-6-9-22(30)17-31(26(33)28-21-8-5-7-20(27)15-21)16-19-13-18-14-23(34-4-2)10-11-24(18)29-25(19)32/h5,7-8,10-11,13-15,22H,3-4,6,9,12,16-17H2,1-2H3,(H,28,33)(H,29,32)/t22-/m0/s1. The van der Waals surface area contributed by atoms with Crippen LogP contribution in [-0.2, 0) is 6.54 Å². The molecule has 4 rings (SSSR count). The highest BCUT2D eigenvalue weighted by Crippen LogP contribution is 2.22. The first-order valence-corrected chi connectivity index (χ1v) is 12.2. The van der Waals surface area contributed by atoms with Crippen molar-refractivity contribution >= 4 is 34.2 Å². The molecule has 0 spiro atoms. The number of ether oxygens (including phenoxy) is 1. The number of nitrogens with zero attached hydrogens (tertiary/aromatic N) is 2. The zero-order chi connectivity index (χ0) is 24.1. The van der Waals surface area contributed by atoms with Crippen LogP contribution in [0.15, 0.2) is 53.3 Å². The van der Waals surface area contributed by atoms with Gasteiger partial charge < -0.3 is 19.9 Å². The van der Waals surface area contributed by atoms with Gasteiger partial charge in [-0.05, 0) is 75.3 Å². The molecule has 0 unspecified atom stereocenters. The van der Waals surface area contributed by atoms with Gasteiger partial charge in [0.25, 0.3) is 5.56 Å². The second-order valence-electron chi connectivity index (χ2n) is 8.55. The van der Waals surface area contributed by atoms with E-state index in [2.05, 4.69) is 22.1 Å². The van der Waals surface area contributed by atoms with Crippen molar-refractivity contribution in [2.24, 2.45) is 0 Å². The van der Waals surface area contributed by atoms with Gasteiger partial charge in [0.15, 0.2) is 0 Å². The van der Waals surface area contributed by atoms with Gasteiger partial charge in [-0.2, -0.15) is 0 Å². The molecule has 3 aromatic rings. The number of urea groups is 1. The number of nitrogens with one attached hydrogen (secondary N) is 2. The van der Waals surface area contributed by atoms with Gasteiger partial charge in [0.1, 0.15) is 5.75 Å². The number of anilines is 1. The minimum Gasteiger partial charge on any atom is -0.494 e. The predicted molar refractivity (Wildman–Crippen MR) is 137 cm³/mol. The van der Waals surface area contributed by atoms with Gasteiger partial charge >= 0.3 is 6.03 Å². The van der Waals surface area contributed by atoms with E-state index in [0.717, 1.165) is 42.6 Å². The number of H-pyrrole nitrogens is 1. The van der Waals surface area contributed by atoms with Crippen molar-refractivity contribution in [1.82, 2.24) is 14.8 Å². The summed E-state index contributed by atoms with van der Waals surface area (Å²) in [4.78, 5) is 33.3. The number of fused-ring (bicyclic) bond motifs is 1. The molecule has 1 atom stereocenters. The first-order valence-electron chi connectivity index (χ1n) is 11.8. The Morgan fingerprint density at radius 3 is 2.85 bits per heavy atom. The number of halogens is 1. The van der Waals surface area contributed by atoms with Crippen molar-refractivity contribution in [2.45, 2.75) is 39.3 Å². The van der Waals surface area contributed by atoms with Gasteiger partial charge in [0.2, 0.25) is 0 Å². The fraction of sp³-hybridized carbons (Fsp3) is 0.385. The number of benzene rings is 2. The smallest absolute Gasteiger partial charge is 0.322 e. The molecule has 1 fully saturated rings. The molecule has 2 aromatic carbocycles. The molecule has 1 aliphatic heterocycles. The van der Waals surface area contributed by atoms with E-state index >= 15 is 0 Å². The highest BCUT2D eigenvalue weighted by atomic mass is 35.5. The molecule has 7 nitrogen and oxygen atoms in total. The molecular weight excluding hydrogens is 452 g/mol. The summed E-state index contributed by atoms with van der Waals surface area (Å²) < 4.78 is 5.61. The molecule has 1 saturated heterocycles. The third-order valence-corrected chi connectivity index (χ3v) is 6.50. The molecule has 0 bridgehead atoms. The first kappa shape index (κ1) is 24.1. The molecular formula is C26H31ClN4O3. The highest BCUT2D eigenvalue weighted by Gasteiger charge is 2.28. The summed E-state index contributed by atoms with van der Waals surface area (Å²) in [5.74, 6) is 0.744. The monoisotopic (exact) mass is 482 g/mol. The number of carbonyl (C=O) groups excluding carboxylic acids is 1. The average Bonchev–Trinajstić information content (AvgIpc) is 3.26. The van der Waals surface area contributed by atoms with Crippen LogP contribution in [0.25, 0.3) is 10.9 Å². The van der Waals surface area contributed by atoms with E-state index in [1.807, 2.05) is 31.2 Å². The minimum atomic E-state index is -0.257. The van der Waals surface area contributed by atoms with E-state index in [0.29, 0.717) is 29.4 Å². The topological polar surface area (TPSA) is 77.7 Å². The Hall–Kier alpha value is -3.03. The lowest BCUT2D eigenvalue weighted by molar-refractivity contribution is 0.174. The minimum absolute atomic E-state index is 0.198. The fourth-order valence-electron chi connectivity index (χ4n) is 4.57. The highest BCUT2D eigenvalue weighted by molar-refractivity contribution is 6.30. The summed E-state index contributed by atoms with van der Waals surface area (Å²) in [6, 6.07) is 14.5. The van der Waals surface area contributed by atoms with Crippen molar-refractivity contribution in [1.29, 1.82) is 0 Å². The van der Waals surface area contributed by atoms with Gasteiger partial charge in [0, 0.05) is 39.8 Å². The van der Waals surface area contributed by atoms with E-state index in [1.54, 1.807) is 29.2 Å². The van der Waals surface area contributed by atoms with Crippen molar-refractivity contribution in [3.05, 3.63) is 69.5 Å². The van der Waals surface area contributed by atoms with Crippen molar-refractivity contribution < 1.29 is 9.53 Å². The molecule has 8 heteroatoms. The van der Waals surface area contributed by atoms with Crippen LogP contribution in [0.5, 0.6) is 5.75 Å². The second kappa shape index (κ2) is 10.9. The lowest BCUT2D eigenvalue weighted by Crippen LogP contribution is -2.45. The fourth-order valence-corrected chi connectivity index (χ4v) is 4.76. The maximum Gasteiger partial charge on any atom is 0.322 e. The summed E-state index contributed by atoms with van der Waals surface area (Å²) in [6.07, 6.45) is 2.14. The second-order valence-corrected chi connectivity index (χ2v) is 8.99. The van der Waals surface area contributed by atoms with E-state index in [9.17, 15) is 9.59 Å². The molecule has 1 aromatic heterocycles. The summed E-state index contributed by atoms with van der Waals surface area (Å²) in [5.41, 5.74) is 1.69. The number of carbonyl (C=O) groups is 1. The number of amides is 2. The van der Waals surface area contributed by atoms with Crippen LogP contribution in [0.4, 0.5) is 10.5 Å². The van der Waals surface area contributed by atoms with Gasteiger partial charge in [0.05, 0.1) is 13.2 Å². The number of pyridine rings is 1. The first-order chi connectivity index (χ1) is 16.5. The predicted octanol–water partition coefficient (Wildman–Crippen LogP) is 5.10. The molecule has 34 heavy (non-hydrogen) atoms. The maximum atomic E-state index is 13.3. The van der Waals surface area contributed by atoms with Crippen molar-refractivity contribution in [3.8, 4) is 5.75 Å². The molecule has 0 radical (unpaired) electrons. The average molecular weight is 483 g/mol. The lowest BCUT2D eigenvalue weighted by atomic mass is 10.1. The number of hydrogen-bond acceptors (Lipinski definition) is 4. The van der Waals surface area contributed by atoms with Crippen LogP contribution in [0.1, 0.15) is 32.3 Å². The third kappa shape index (κ3) is 5.72. The van der Waals surface area contributed by atoms with Gasteiger partial charge in [-0.1, -0.05) is 24.6 Å². The zero-order valence-electron chi connectivity index (χ0n) is 19.6. The number of likely N-dealkylation sites (N-methyl/N-ethyl adjacent to an activating group) is 1. The Morgan fingerprint density at radius 1 is 1.24 bits per heavy atom. The summed E-state index contributed by atoms with van der Waals surface area (Å²) in [6.45, 7) is 7.34. The zero-order valence-corrected chi connectivity index (χ0v) is 20.4. The number of hydrogen-bond donors (Lipinski definition) is 2. The molecule has 0 aliphatic carbocycles. The summed E-state index contributed by atoms with van der Waals surface area (Å²) in [5, 5.41) is 4.36. The van der Waals surface area contributed by atoms with E-state index in [-0.39, 0.29) is 24.2 Å². The Bertz CT molecular complexity index is 1210. The number of rotatable bonds is 8. The van der Waals surface area contributed by atoms with Crippen LogP contribution < -0.4 is 15.6 Å². The Kier molecular flexibility index (Phi) is 7.75. The molecule has 0 saturated carbocycles. The van der Waals surface area contributed by atoms with Gasteiger partial charge in [-0.3, -0.25) is 9.69 Å². The van der Waals surface area contributed by atoms with Crippen LogP contribution in [-0.4, -0.2) is 53.1 Å². The van der Waals surface area contributed by atoms with Crippen LogP contribution in [0.3, 0.4) is 0 Å². The van der Waals surface area contributed by atoms with Crippen LogP contribution in [0, 0.1) is 0 Å². The molecule has 2 amide bonds. The van der Waals surface area contributed by atoms with Crippen molar-refractivity contribution in [3.63, 3.8) is 0 Å². The van der Waals surface area contributed by atoms with Gasteiger partial charge in [-0.15, -0.1) is 0 Å². The van der Waals surface area contributed by atoms with Gasteiger partial charge in [-0.25, -0.2) is 4.79 Å². The molecule has 180 valence electrons. The molecule has 2 heterocycles. The molecule has 2 N–H and O–H groups in total. The normalized spacial score (nSPS) is 16.0. The number of aromatic nitrogens is 1. The Labute approximate surface area is 204 Å². The SMILES string of the molecule is CCOc1ccc2[nH]c(=O)c(CN(C[C@@H]3CCCN3CC)C(=O)Nc3cccc(Cl)c3)cc2c1. The van der Waals surface area contributed by atoms with E-state index in [4.69, 9.17) is 16.3 Å². The maximum absolute atomic E-state index is 13.3. The lowest BCUT2D eigenvalue weighted by Gasteiger charge is -2.30. The quantitative estimate of drug-likeness (QED) is 0.468. The summed E-state index contributed by atoms with van der Waals surface area (Å²) in [7, 11) is 0. The largest absolute Gasteiger partial charge is 0.494 e. The summed E-state index contributed by atoms with van der Waals surface area (Å²) >= 11 is 6.10. The van der Waals surface area contributed by atoms with E-state index < -0.39 is 0 Å². The van der Waals surface area contributed by atoms with Crippen LogP contribution in [0.2, 0.25) is 5.02 Å². The van der Waals surface area contributed by atoms with Crippen molar-refractivity contribution in [2.75, 3.05) is 31.6 Å². The van der Waals surface area contributed by atoms with Crippen LogP contribution >= 0.6 is 11.6 Å².